The highest BCUT2D eigenvalue weighted by Crippen LogP contribution is 2.24. The van der Waals surface area contributed by atoms with Crippen molar-refractivity contribution < 1.29 is 14.4 Å². The smallest absolute Gasteiger partial charge is 0.304 e. The van der Waals surface area contributed by atoms with Crippen molar-refractivity contribution in [1.82, 2.24) is 5.32 Å². The lowest BCUT2D eigenvalue weighted by atomic mass is 10.1. The van der Waals surface area contributed by atoms with E-state index in [9.17, 15) is 19.6 Å². The summed E-state index contributed by atoms with van der Waals surface area (Å²) in [6, 6.07) is 3.93. The minimum Gasteiger partial charge on any atom is -0.393 e. The van der Waals surface area contributed by atoms with Gasteiger partial charge in [-0.15, -0.1) is 0 Å². The van der Waals surface area contributed by atoms with Crippen molar-refractivity contribution >= 4 is 5.69 Å². The van der Waals surface area contributed by atoms with Gasteiger partial charge in [0.05, 0.1) is 11.0 Å². The third-order valence-electron chi connectivity index (χ3n) is 3.48. The van der Waals surface area contributed by atoms with Gasteiger partial charge in [-0.2, -0.15) is 4.39 Å². The van der Waals surface area contributed by atoms with Gasteiger partial charge in [0.2, 0.25) is 5.82 Å². The first-order valence-electron chi connectivity index (χ1n) is 6.38. The van der Waals surface area contributed by atoms with E-state index in [-0.39, 0.29) is 6.10 Å². The molecule has 5 nitrogen and oxygen atoms in total. The molecule has 6 heteroatoms. The van der Waals surface area contributed by atoms with Crippen LogP contribution in [0.4, 0.5) is 10.1 Å². The summed E-state index contributed by atoms with van der Waals surface area (Å²) in [6.07, 6.45) is 2.46. The Morgan fingerprint density at radius 2 is 2.26 bits per heavy atom. The summed E-state index contributed by atoms with van der Waals surface area (Å²) in [5.74, 6) is -0.349. The molecule has 1 aromatic carbocycles. The van der Waals surface area contributed by atoms with Crippen LogP contribution in [0.3, 0.4) is 0 Å². The number of nitrogens with zero attached hydrogens (tertiary/aromatic N) is 1. The number of benzene rings is 1. The highest BCUT2D eigenvalue weighted by molar-refractivity contribution is 5.34. The normalized spacial score (nSPS) is 22.6. The van der Waals surface area contributed by atoms with E-state index in [0.717, 1.165) is 25.8 Å². The van der Waals surface area contributed by atoms with Gasteiger partial charge in [-0.1, -0.05) is 6.07 Å². The Balaban J connectivity index is 1.83. The number of nitro benzene ring substituents is 1. The Bertz CT molecular complexity index is 467. The first-order chi connectivity index (χ1) is 9.06. The second kappa shape index (κ2) is 6.08. The Hall–Kier alpha value is -1.53. The van der Waals surface area contributed by atoms with Gasteiger partial charge in [-0.05, 0) is 43.4 Å². The summed E-state index contributed by atoms with van der Waals surface area (Å²) in [5.41, 5.74) is 0.185. The molecular weight excluding hydrogens is 251 g/mol. The van der Waals surface area contributed by atoms with E-state index in [4.69, 9.17) is 0 Å². The van der Waals surface area contributed by atoms with Crippen LogP contribution in [0.2, 0.25) is 0 Å². The summed E-state index contributed by atoms with van der Waals surface area (Å²) < 4.78 is 13.4. The number of aliphatic hydroxyl groups is 1. The van der Waals surface area contributed by atoms with Gasteiger partial charge >= 0.3 is 5.69 Å². The Kier molecular flexibility index (Phi) is 4.44. The number of rotatable bonds is 5. The number of hydrogen-bond donors (Lipinski definition) is 2. The largest absolute Gasteiger partial charge is 0.393 e. The Morgan fingerprint density at radius 3 is 2.84 bits per heavy atom. The maximum absolute atomic E-state index is 13.4. The minimum absolute atomic E-state index is 0.191. The molecule has 0 heterocycles. The third kappa shape index (κ3) is 3.71. The van der Waals surface area contributed by atoms with Crippen LogP contribution in [0.5, 0.6) is 0 Å². The zero-order valence-electron chi connectivity index (χ0n) is 10.5. The van der Waals surface area contributed by atoms with Crippen molar-refractivity contribution in [3.63, 3.8) is 0 Å². The van der Waals surface area contributed by atoms with Gasteiger partial charge in [-0.3, -0.25) is 10.1 Å². The summed E-state index contributed by atoms with van der Waals surface area (Å²) in [6.45, 7) is 1.25. The Labute approximate surface area is 110 Å². The molecule has 2 N–H and O–H groups in total. The zero-order valence-corrected chi connectivity index (χ0v) is 10.5. The molecule has 2 rings (SSSR count). The monoisotopic (exact) mass is 268 g/mol. The molecule has 0 amide bonds. The van der Waals surface area contributed by atoms with E-state index >= 15 is 0 Å². The lowest BCUT2D eigenvalue weighted by Crippen LogP contribution is -2.21. The predicted molar refractivity (Wildman–Crippen MR) is 68.1 cm³/mol. The molecule has 1 aliphatic carbocycles. The molecule has 0 spiro atoms. The van der Waals surface area contributed by atoms with Crippen LogP contribution >= 0.6 is 0 Å². The quantitative estimate of drug-likeness (QED) is 0.632. The Morgan fingerprint density at radius 1 is 1.47 bits per heavy atom. The lowest BCUT2D eigenvalue weighted by molar-refractivity contribution is -0.387. The van der Waals surface area contributed by atoms with Crippen LogP contribution in [-0.4, -0.2) is 22.7 Å². The molecule has 0 bridgehead atoms. The average molecular weight is 268 g/mol. The number of nitrogens with one attached hydrogen (secondary N) is 1. The van der Waals surface area contributed by atoms with Crippen molar-refractivity contribution in [2.24, 2.45) is 5.92 Å². The van der Waals surface area contributed by atoms with Gasteiger partial charge in [0.1, 0.15) is 0 Å². The maximum atomic E-state index is 13.4. The number of nitro groups is 1. The number of halogens is 1. The standard InChI is InChI=1S/C13H17FN2O3/c14-12-6-10(2-4-13(12)16(18)19)8-15-7-9-1-3-11(17)5-9/h2,4,6,9,11,15,17H,1,3,5,7-8H2. The van der Waals surface area contributed by atoms with E-state index in [1.54, 1.807) is 6.07 Å². The van der Waals surface area contributed by atoms with Gasteiger partial charge in [-0.25, -0.2) is 0 Å². The second-order valence-electron chi connectivity index (χ2n) is 5.01. The molecule has 1 aliphatic rings. The summed E-state index contributed by atoms with van der Waals surface area (Å²) in [4.78, 5) is 9.75. The summed E-state index contributed by atoms with van der Waals surface area (Å²) >= 11 is 0. The van der Waals surface area contributed by atoms with E-state index in [1.165, 1.54) is 12.1 Å². The molecule has 2 unspecified atom stereocenters. The third-order valence-corrected chi connectivity index (χ3v) is 3.48. The topological polar surface area (TPSA) is 75.4 Å². The minimum atomic E-state index is -0.805. The number of hydrogen-bond acceptors (Lipinski definition) is 4. The van der Waals surface area contributed by atoms with Crippen molar-refractivity contribution in [1.29, 1.82) is 0 Å². The average Bonchev–Trinajstić information content (AvgIpc) is 2.75. The molecule has 0 aromatic heterocycles. The van der Waals surface area contributed by atoms with Crippen molar-refractivity contribution in [2.75, 3.05) is 6.54 Å². The van der Waals surface area contributed by atoms with Crippen LogP contribution < -0.4 is 5.32 Å². The van der Waals surface area contributed by atoms with Crippen LogP contribution in [0, 0.1) is 21.8 Å². The van der Waals surface area contributed by atoms with Gasteiger partial charge in [0.25, 0.3) is 0 Å². The van der Waals surface area contributed by atoms with Crippen LogP contribution in [0.15, 0.2) is 18.2 Å². The van der Waals surface area contributed by atoms with Gasteiger partial charge in [0, 0.05) is 12.6 Å². The van der Waals surface area contributed by atoms with E-state index in [2.05, 4.69) is 5.32 Å². The molecule has 0 aliphatic heterocycles. The maximum Gasteiger partial charge on any atom is 0.304 e. The van der Waals surface area contributed by atoms with Crippen LogP contribution in [0.25, 0.3) is 0 Å². The molecule has 0 radical (unpaired) electrons. The van der Waals surface area contributed by atoms with E-state index in [1.807, 2.05) is 0 Å². The highest BCUT2D eigenvalue weighted by Gasteiger charge is 2.22. The molecular formula is C13H17FN2O3. The van der Waals surface area contributed by atoms with Gasteiger partial charge in [0.15, 0.2) is 0 Å². The summed E-state index contributed by atoms with van der Waals surface area (Å²) in [7, 11) is 0. The molecule has 104 valence electrons. The van der Waals surface area contributed by atoms with Crippen molar-refractivity contribution in [2.45, 2.75) is 31.9 Å². The molecule has 1 saturated carbocycles. The molecule has 2 atom stereocenters. The molecule has 19 heavy (non-hydrogen) atoms. The summed E-state index contributed by atoms with van der Waals surface area (Å²) in [5, 5.41) is 23.1. The highest BCUT2D eigenvalue weighted by atomic mass is 19.1. The number of aliphatic hydroxyl groups excluding tert-OH is 1. The molecule has 1 aromatic rings. The fourth-order valence-electron chi connectivity index (χ4n) is 2.46. The van der Waals surface area contributed by atoms with Crippen LogP contribution in [-0.2, 0) is 6.54 Å². The van der Waals surface area contributed by atoms with E-state index in [0.29, 0.717) is 18.0 Å². The predicted octanol–water partition coefficient (Wildman–Crippen LogP) is 1.98. The first-order valence-corrected chi connectivity index (χ1v) is 6.38. The fourth-order valence-corrected chi connectivity index (χ4v) is 2.46. The van der Waals surface area contributed by atoms with E-state index < -0.39 is 16.4 Å². The van der Waals surface area contributed by atoms with Crippen molar-refractivity contribution in [3.8, 4) is 0 Å². The molecule has 1 fully saturated rings. The van der Waals surface area contributed by atoms with Crippen molar-refractivity contribution in [3.05, 3.63) is 39.7 Å². The first kappa shape index (κ1) is 13.9. The van der Waals surface area contributed by atoms with Crippen LogP contribution in [0.1, 0.15) is 24.8 Å². The lowest BCUT2D eigenvalue weighted by Gasteiger charge is -2.10. The second-order valence-corrected chi connectivity index (χ2v) is 5.01. The van der Waals surface area contributed by atoms with Gasteiger partial charge < -0.3 is 10.4 Å². The molecule has 0 saturated heterocycles. The zero-order chi connectivity index (χ0) is 13.8. The fraction of sp³-hybridized carbons (Fsp3) is 0.538. The SMILES string of the molecule is O=[N+]([O-])c1ccc(CNCC2CCC(O)C2)cc1F.